The van der Waals surface area contributed by atoms with Crippen LogP contribution < -0.4 is 0 Å². The molecule has 3 aromatic rings. The number of pyridine rings is 1. The van der Waals surface area contributed by atoms with Crippen molar-refractivity contribution in [2.45, 2.75) is 6.92 Å². The molecule has 0 bridgehead atoms. The van der Waals surface area contributed by atoms with E-state index >= 15 is 0 Å². The molecular formula is C13H11N3O3. The number of carboxylic acids is 1. The Morgan fingerprint density at radius 2 is 2.26 bits per heavy atom. The number of furan rings is 1. The summed E-state index contributed by atoms with van der Waals surface area (Å²) < 4.78 is 7.01. The number of hydrogen-bond acceptors (Lipinski definition) is 4. The molecule has 0 aliphatic carbocycles. The minimum Gasteiger partial charge on any atom is -0.478 e. The number of aryl methyl sites for hydroxylation is 2. The van der Waals surface area contributed by atoms with Crippen molar-refractivity contribution >= 4 is 17.1 Å². The first-order valence-electron chi connectivity index (χ1n) is 5.68. The van der Waals surface area contributed by atoms with Gasteiger partial charge in [0.15, 0.2) is 5.65 Å². The van der Waals surface area contributed by atoms with Gasteiger partial charge in [-0.15, -0.1) is 0 Å². The number of carboxylic acid groups (broad SMARTS) is 1. The minimum atomic E-state index is -1.01. The van der Waals surface area contributed by atoms with Crippen molar-refractivity contribution in [2.75, 3.05) is 0 Å². The lowest BCUT2D eigenvalue weighted by molar-refractivity contribution is 0.0698. The molecule has 19 heavy (non-hydrogen) atoms. The molecule has 0 spiro atoms. The fourth-order valence-electron chi connectivity index (χ4n) is 2.07. The van der Waals surface area contributed by atoms with Gasteiger partial charge in [-0.1, -0.05) is 0 Å². The first-order chi connectivity index (χ1) is 9.08. The fourth-order valence-corrected chi connectivity index (χ4v) is 2.07. The van der Waals surface area contributed by atoms with Gasteiger partial charge < -0.3 is 14.1 Å². The van der Waals surface area contributed by atoms with Crippen LogP contribution in [-0.4, -0.2) is 25.6 Å². The molecule has 3 heterocycles. The van der Waals surface area contributed by atoms with Crippen molar-refractivity contribution < 1.29 is 14.3 Å². The highest BCUT2D eigenvalue weighted by atomic mass is 16.4. The number of aromatic nitrogens is 3. The van der Waals surface area contributed by atoms with Gasteiger partial charge in [0.05, 0.1) is 11.1 Å². The van der Waals surface area contributed by atoms with Crippen LogP contribution in [0, 0.1) is 6.92 Å². The second kappa shape index (κ2) is 3.94. The van der Waals surface area contributed by atoms with Crippen molar-refractivity contribution in [1.29, 1.82) is 0 Å². The van der Waals surface area contributed by atoms with Gasteiger partial charge in [0.25, 0.3) is 0 Å². The molecule has 96 valence electrons. The van der Waals surface area contributed by atoms with E-state index in [2.05, 4.69) is 9.97 Å². The molecule has 0 unspecified atom stereocenters. The SMILES string of the molecule is Cc1cc(-c2nc3c(C(=O)O)ccnc3n2C)co1. The minimum absolute atomic E-state index is 0.145. The monoisotopic (exact) mass is 257 g/mol. The van der Waals surface area contributed by atoms with E-state index in [1.54, 1.807) is 17.9 Å². The summed E-state index contributed by atoms with van der Waals surface area (Å²) in [6.45, 7) is 1.84. The van der Waals surface area contributed by atoms with Gasteiger partial charge in [0.1, 0.15) is 23.4 Å². The first kappa shape index (κ1) is 11.5. The summed E-state index contributed by atoms with van der Waals surface area (Å²) in [6, 6.07) is 3.30. The molecule has 3 rings (SSSR count). The van der Waals surface area contributed by atoms with Crippen LogP contribution in [0.25, 0.3) is 22.6 Å². The summed E-state index contributed by atoms with van der Waals surface area (Å²) in [4.78, 5) is 19.7. The largest absolute Gasteiger partial charge is 0.478 e. The van der Waals surface area contributed by atoms with Crippen LogP contribution >= 0.6 is 0 Å². The number of nitrogens with zero attached hydrogens (tertiary/aromatic N) is 3. The van der Waals surface area contributed by atoms with Gasteiger partial charge in [-0.25, -0.2) is 14.8 Å². The number of imidazole rings is 1. The van der Waals surface area contributed by atoms with E-state index < -0.39 is 5.97 Å². The highest BCUT2D eigenvalue weighted by molar-refractivity contribution is 6.00. The second-order valence-corrected chi connectivity index (χ2v) is 4.28. The zero-order valence-corrected chi connectivity index (χ0v) is 10.4. The quantitative estimate of drug-likeness (QED) is 0.761. The predicted octanol–water partition coefficient (Wildman–Crippen LogP) is 2.23. The summed E-state index contributed by atoms with van der Waals surface area (Å²) in [5.41, 5.74) is 1.86. The maximum atomic E-state index is 11.2. The average molecular weight is 257 g/mol. The molecule has 3 aromatic heterocycles. The standard InChI is InChI=1S/C13H11N3O3/c1-7-5-8(6-19-7)11-15-10-9(13(17)18)3-4-14-12(10)16(11)2/h3-6H,1-2H3,(H,17,18). The van der Waals surface area contributed by atoms with E-state index in [0.717, 1.165) is 11.3 Å². The molecule has 0 aliphatic rings. The van der Waals surface area contributed by atoms with Gasteiger partial charge in [-0.3, -0.25) is 0 Å². The van der Waals surface area contributed by atoms with Crippen molar-refractivity contribution in [2.24, 2.45) is 7.05 Å². The average Bonchev–Trinajstić information content (AvgIpc) is 2.93. The maximum Gasteiger partial charge on any atom is 0.338 e. The van der Waals surface area contributed by atoms with Crippen molar-refractivity contribution in [3.8, 4) is 11.4 Å². The van der Waals surface area contributed by atoms with Gasteiger partial charge >= 0.3 is 5.97 Å². The van der Waals surface area contributed by atoms with Gasteiger partial charge in [0.2, 0.25) is 0 Å². The number of carbonyl (C=O) groups is 1. The molecule has 6 heteroatoms. The molecule has 0 fully saturated rings. The van der Waals surface area contributed by atoms with E-state index in [1.807, 2.05) is 13.0 Å². The van der Waals surface area contributed by atoms with Gasteiger partial charge in [-0.05, 0) is 19.1 Å². The highest BCUT2D eigenvalue weighted by Crippen LogP contribution is 2.25. The lowest BCUT2D eigenvalue weighted by Gasteiger charge is -1.98. The molecule has 0 amide bonds. The predicted molar refractivity (Wildman–Crippen MR) is 67.9 cm³/mol. The van der Waals surface area contributed by atoms with Crippen molar-refractivity contribution in [3.63, 3.8) is 0 Å². The molecule has 0 radical (unpaired) electrons. The fraction of sp³-hybridized carbons (Fsp3) is 0.154. The lowest BCUT2D eigenvalue weighted by atomic mass is 10.2. The number of aromatic carboxylic acids is 1. The normalized spacial score (nSPS) is 11.1. The number of fused-ring (bicyclic) bond motifs is 1. The van der Waals surface area contributed by atoms with Crippen LogP contribution in [-0.2, 0) is 7.05 Å². The van der Waals surface area contributed by atoms with E-state index in [4.69, 9.17) is 9.52 Å². The molecule has 6 nitrogen and oxygen atoms in total. The van der Waals surface area contributed by atoms with Crippen molar-refractivity contribution in [3.05, 3.63) is 35.9 Å². The third-order valence-electron chi connectivity index (χ3n) is 2.98. The zero-order valence-electron chi connectivity index (χ0n) is 10.4. The van der Waals surface area contributed by atoms with Crippen LogP contribution in [0.3, 0.4) is 0 Å². The van der Waals surface area contributed by atoms with Crippen LogP contribution in [0.5, 0.6) is 0 Å². The second-order valence-electron chi connectivity index (χ2n) is 4.28. The van der Waals surface area contributed by atoms with E-state index in [0.29, 0.717) is 17.0 Å². The molecule has 0 aromatic carbocycles. The smallest absolute Gasteiger partial charge is 0.338 e. The van der Waals surface area contributed by atoms with Crippen molar-refractivity contribution in [1.82, 2.24) is 14.5 Å². The van der Waals surface area contributed by atoms with Crippen LogP contribution in [0.1, 0.15) is 16.1 Å². The molecule has 0 atom stereocenters. The topological polar surface area (TPSA) is 81.1 Å². The summed E-state index contributed by atoms with van der Waals surface area (Å²) in [5.74, 6) is 0.391. The summed E-state index contributed by atoms with van der Waals surface area (Å²) in [7, 11) is 1.80. The Hall–Kier alpha value is -2.63. The van der Waals surface area contributed by atoms with E-state index in [-0.39, 0.29) is 5.56 Å². The molecule has 0 saturated heterocycles. The highest BCUT2D eigenvalue weighted by Gasteiger charge is 2.17. The summed E-state index contributed by atoms with van der Waals surface area (Å²) >= 11 is 0. The molecule has 0 saturated carbocycles. The first-order valence-corrected chi connectivity index (χ1v) is 5.68. The molecule has 0 aliphatic heterocycles. The third kappa shape index (κ3) is 1.69. The Kier molecular flexibility index (Phi) is 2.38. The third-order valence-corrected chi connectivity index (χ3v) is 2.98. The zero-order chi connectivity index (χ0) is 13.6. The maximum absolute atomic E-state index is 11.2. The van der Waals surface area contributed by atoms with Crippen LogP contribution in [0.2, 0.25) is 0 Å². The number of hydrogen-bond donors (Lipinski definition) is 1. The Bertz CT molecular complexity index is 786. The summed E-state index contributed by atoms with van der Waals surface area (Å²) in [5, 5.41) is 9.16. The molecule has 1 N–H and O–H groups in total. The number of rotatable bonds is 2. The van der Waals surface area contributed by atoms with E-state index in [1.165, 1.54) is 12.3 Å². The lowest BCUT2D eigenvalue weighted by Crippen LogP contribution is -1.98. The Labute approximate surface area is 108 Å². The Morgan fingerprint density at radius 3 is 2.89 bits per heavy atom. The van der Waals surface area contributed by atoms with Crippen LogP contribution in [0.4, 0.5) is 0 Å². The van der Waals surface area contributed by atoms with Gasteiger partial charge in [-0.2, -0.15) is 0 Å². The summed E-state index contributed by atoms with van der Waals surface area (Å²) in [6.07, 6.45) is 3.06. The molecular weight excluding hydrogens is 246 g/mol. The van der Waals surface area contributed by atoms with Gasteiger partial charge in [0, 0.05) is 13.2 Å². The van der Waals surface area contributed by atoms with E-state index in [9.17, 15) is 4.79 Å². The Balaban J connectivity index is 2.31. The Morgan fingerprint density at radius 1 is 1.47 bits per heavy atom. The van der Waals surface area contributed by atoms with Crippen LogP contribution in [0.15, 0.2) is 29.0 Å².